The summed E-state index contributed by atoms with van der Waals surface area (Å²) in [6.45, 7) is 0. The van der Waals surface area contributed by atoms with Gasteiger partial charge in [0.05, 0.1) is 22.2 Å². The molecule has 0 bridgehead atoms. The van der Waals surface area contributed by atoms with Crippen LogP contribution in [0.2, 0.25) is 0 Å². The van der Waals surface area contributed by atoms with Crippen LogP contribution in [0.15, 0.2) is 58.0 Å². The summed E-state index contributed by atoms with van der Waals surface area (Å²) >= 11 is 2.90. The van der Waals surface area contributed by atoms with Crippen molar-refractivity contribution in [1.29, 1.82) is 0 Å². The van der Waals surface area contributed by atoms with Crippen molar-refractivity contribution in [2.75, 3.05) is 5.75 Å². The minimum absolute atomic E-state index is 0.203. The monoisotopic (exact) mass is 345 g/mol. The van der Waals surface area contributed by atoms with Gasteiger partial charge in [-0.25, -0.2) is 14.8 Å². The zero-order valence-corrected chi connectivity index (χ0v) is 13.5. The maximum Gasteiger partial charge on any atom is 0.250 e. The summed E-state index contributed by atoms with van der Waals surface area (Å²) in [5, 5.41) is 3.76. The first-order valence-electron chi connectivity index (χ1n) is 6.77. The summed E-state index contributed by atoms with van der Waals surface area (Å²) in [7, 11) is 0. The molecule has 0 saturated heterocycles. The van der Waals surface area contributed by atoms with Gasteiger partial charge in [0.1, 0.15) is 5.82 Å². The fraction of sp³-hybridized carbons (Fsp3) is 0.0625. The van der Waals surface area contributed by atoms with E-state index in [0.29, 0.717) is 5.56 Å². The van der Waals surface area contributed by atoms with Gasteiger partial charge in [0.2, 0.25) is 0 Å². The molecule has 1 amide bonds. The Kier molecular flexibility index (Phi) is 4.99. The SMILES string of the molecule is O=C(CSc1nc2ccccc2s1)N/N=C\c1ccccc1F. The number of hydrogen-bond donors (Lipinski definition) is 1. The molecule has 0 aliphatic heterocycles. The number of benzene rings is 2. The first-order valence-corrected chi connectivity index (χ1v) is 8.57. The van der Waals surface area contributed by atoms with Crippen molar-refractivity contribution in [3.05, 3.63) is 59.9 Å². The van der Waals surface area contributed by atoms with Gasteiger partial charge < -0.3 is 0 Å². The van der Waals surface area contributed by atoms with Gasteiger partial charge in [-0.05, 0) is 18.2 Å². The van der Waals surface area contributed by atoms with Crippen molar-refractivity contribution in [3.63, 3.8) is 0 Å². The molecule has 0 saturated carbocycles. The third kappa shape index (κ3) is 4.14. The number of carbonyl (C=O) groups is 1. The molecule has 3 rings (SSSR count). The van der Waals surface area contributed by atoms with Crippen LogP contribution in [0, 0.1) is 5.82 Å². The molecule has 0 radical (unpaired) electrons. The summed E-state index contributed by atoms with van der Waals surface area (Å²) in [5.41, 5.74) is 3.64. The average molecular weight is 345 g/mol. The maximum absolute atomic E-state index is 13.4. The number of hydrogen-bond acceptors (Lipinski definition) is 5. The first kappa shape index (κ1) is 15.6. The fourth-order valence-corrected chi connectivity index (χ4v) is 3.69. The number of nitrogens with zero attached hydrogens (tertiary/aromatic N) is 2. The summed E-state index contributed by atoms with van der Waals surface area (Å²) in [5.74, 6) is -0.440. The Labute approximate surface area is 140 Å². The topological polar surface area (TPSA) is 54.4 Å². The highest BCUT2D eigenvalue weighted by atomic mass is 32.2. The van der Waals surface area contributed by atoms with Crippen LogP contribution in [0.3, 0.4) is 0 Å². The number of thioether (sulfide) groups is 1. The summed E-state index contributed by atoms with van der Waals surface area (Å²) in [4.78, 5) is 16.2. The van der Waals surface area contributed by atoms with Gasteiger partial charge in [-0.15, -0.1) is 11.3 Å². The summed E-state index contributed by atoms with van der Waals surface area (Å²) in [6.07, 6.45) is 1.29. The minimum Gasteiger partial charge on any atom is -0.272 e. The highest BCUT2D eigenvalue weighted by Gasteiger charge is 2.07. The summed E-state index contributed by atoms with van der Waals surface area (Å²) in [6, 6.07) is 14.0. The van der Waals surface area contributed by atoms with Crippen molar-refractivity contribution in [3.8, 4) is 0 Å². The molecule has 0 unspecified atom stereocenters. The number of carbonyl (C=O) groups excluding carboxylic acids is 1. The number of halogens is 1. The van der Waals surface area contributed by atoms with Crippen LogP contribution in [0.5, 0.6) is 0 Å². The van der Waals surface area contributed by atoms with Gasteiger partial charge in [0.15, 0.2) is 4.34 Å². The van der Waals surface area contributed by atoms with Gasteiger partial charge in [-0.3, -0.25) is 4.79 Å². The fourth-order valence-electron chi connectivity index (χ4n) is 1.83. The number of aromatic nitrogens is 1. The van der Waals surface area contributed by atoms with E-state index in [1.54, 1.807) is 29.5 Å². The molecule has 1 aromatic heterocycles. The van der Waals surface area contributed by atoms with Crippen LogP contribution >= 0.6 is 23.1 Å². The van der Waals surface area contributed by atoms with Crippen LogP contribution in [-0.4, -0.2) is 22.9 Å². The zero-order valence-electron chi connectivity index (χ0n) is 11.9. The van der Waals surface area contributed by atoms with Crippen LogP contribution < -0.4 is 5.43 Å². The Morgan fingerprint density at radius 1 is 1.26 bits per heavy atom. The molecular weight excluding hydrogens is 333 g/mol. The van der Waals surface area contributed by atoms with Crippen molar-refractivity contribution in [2.24, 2.45) is 5.10 Å². The molecule has 116 valence electrons. The van der Waals surface area contributed by atoms with E-state index in [9.17, 15) is 9.18 Å². The van der Waals surface area contributed by atoms with Crippen molar-refractivity contribution in [2.45, 2.75) is 4.34 Å². The molecular formula is C16H12FN3OS2. The maximum atomic E-state index is 13.4. The highest BCUT2D eigenvalue weighted by Crippen LogP contribution is 2.28. The van der Waals surface area contributed by atoms with Gasteiger partial charge >= 0.3 is 0 Å². The van der Waals surface area contributed by atoms with Crippen molar-refractivity contribution in [1.82, 2.24) is 10.4 Å². The molecule has 2 aromatic carbocycles. The van der Waals surface area contributed by atoms with Crippen LogP contribution in [0.1, 0.15) is 5.56 Å². The van der Waals surface area contributed by atoms with Crippen molar-refractivity contribution < 1.29 is 9.18 Å². The number of rotatable bonds is 5. The Hall–Kier alpha value is -2.25. The van der Waals surface area contributed by atoms with Crippen LogP contribution in [0.4, 0.5) is 4.39 Å². The Bertz CT molecular complexity index is 830. The second-order valence-electron chi connectivity index (χ2n) is 4.55. The van der Waals surface area contributed by atoms with Crippen molar-refractivity contribution >= 4 is 45.4 Å². The lowest BCUT2D eigenvalue weighted by Crippen LogP contribution is -2.19. The lowest BCUT2D eigenvalue weighted by Gasteiger charge is -1.98. The normalized spacial score (nSPS) is 11.2. The molecule has 4 nitrogen and oxygen atoms in total. The van der Waals surface area contributed by atoms with Crippen LogP contribution in [0.25, 0.3) is 10.2 Å². The predicted octanol–water partition coefficient (Wildman–Crippen LogP) is 3.68. The van der Waals surface area contributed by atoms with Gasteiger partial charge in [-0.2, -0.15) is 5.10 Å². The molecule has 1 N–H and O–H groups in total. The largest absolute Gasteiger partial charge is 0.272 e. The van der Waals surface area contributed by atoms with E-state index in [4.69, 9.17) is 0 Å². The molecule has 0 fully saturated rings. The zero-order chi connectivity index (χ0) is 16.1. The quantitative estimate of drug-likeness (QED) is 0.436. The number of hydrazone groups is 1. The van der Waals surface area contributed by atoms with E-state index in [2.05, 4.69) is 15.5 Å². The Morgan fingerprint density at radius 2 is 2.04 bits per heavy atom. The predicted molar refractivity (Wildman–Crippen MR) is 92.5 cm³/mol. The number of amides is 1. The Morgan fingerprint density at radius 3 is 2.87 bits per heavy atom. The standard InChI is InChI=1S/C16H12FN3OS2/c17-12-6-2-1-5-11(12)9-18-20-15(21)10-22-16-19-13-7-3-4-8-14(13)23-16/h1-9H,10H2,(H,20,21)/b18-9-. The third-order valence-electron chi connectivity index (χ3n) is 2.90. The highest BCUT2D eigenvalue weighted by molar-refractivity contribution is 8.01. The number of fused-ring (bicyclic) bond motifs is 1. The lowest BCUT2D eigenvalue weighted by molar-refractivity contribution is -0.118. The third-order valence-corrected chi connectivity index (χ3v) is 5.08. The van der Waals surface area contributed by atoms with E-state index in [0.717, 1.165) is 14.6 Å². The number of thiazole rings is 1. The van der Waals surface area contributed by atoms with E-state index in [1.807, 2.05) is 24.3 Å². The molecule has 7 heteroatoms. The molecule has 0 aliphatic rings. The minimum atomic E-state index is -0.380. The van der Waals surface area contributed by atoms with Gasteiger partial charge in [0.25, 0.3) is 5.91 Å². The second-order valence-corrected chi connectivity index (χ2v) is 6.80. The molecule has 23 heavy (non-hydrogen) atoms. The van der Waals surface area contributed by atoms with E-state index < -0.39 is 0 Å². The number of para-hydroxylation sites is 1. The van der Waals surface area contributed by atoms with E-state index >= 15 is 0 Å². The molecule has 0 atom stereocenters. The molecule has 0 spiro atoms. The van der Waals surface area contributed by atoms with E-state index in [-0.39, 0.29) is 17.5 Å². The average Bonchev–Trinajstić information content (AvgIpc) is 2.98. The first-order chi connectivity index (χ1) is 11.2. The summed E-state index contributed by atoms with van der Waals surface area (Å²) < 4.78 is 15.3. The Balaban J connectivity index is 1.52. The lowest BCUT2D eigenvalue weighted by atomic mass is 10.2. The number of nitrogens with one attached hydrogen (secondary N) is 1. The van der Waals surface area contributed by atoms with Gasteiger partial charge in [-0.1, -0.05) is 42.1 Å². The van der Waals surface area contributed by atoms with E-state index in [1.165, 1.54) is 24.0 Å². The molecule has 0 aliphatic carbocycles. The van der Waals surface area contributed by atoms with Crippen LogP contribution in [-0.2, 0) is 4.79 Å². The van der Waals surface area contributed by atoms with Gasteiger partial charge in [0, 0.05) is 5.56 Å². The smallest absolute Gasteiger partial charge is 0.250 e. The molecule has 1 heterocycles. The molecule has 3 aromatic rings. The second kappa shape index (κ2) is 7.34.